The number of amides is 1. The molecular weight excluding hydrogens is 460 g/mol. The Balaban J connectivity index is 1.07. The van der Waals surface area contributed by atoms with Gasteiger partial charge in [-0.25, -0.2) is 0 Å². The van der Waals surface area contributed by atoms with Crippen LogP contribution in [0.5, 0.6) is 0 Å². The number of hydrogen-bond donors (Lipinski definition) is 2. The van der Waals surface area contributed by atoms with Crippen molar-refractivity contribution in [3.63, 3.8) is 0 Å². The highest BCUT2D eigenvalue weighted by Gasteiger charge is 2.65. The first-order valence-electron chi connectivity index (χ1n) is 13.4. The van der Waals surface area contributed by atoms with E-state index in [1.807, 2.05) is 0 Å². The lowest BCUT2D eigenvalue weighted by atomic mass is 9.83. The van der Waals surface area contributed by atoms with Gasteiger partial charge in [-0.15, -0.1) is 0 Å². The molecule has 2 aromatic carbocycles. The highest BCUT2D eigenvalue weighted by atomic mass is 16.5. The second kappa shape index (κ2) is 8.82. The minimum absolute atomic E-state index is 0.172. The van der Waals surface area contributed by atoms with Gasteiger partial charge in [0.05, 0.1) is 29.8 Å². The van der Waals surface area contributed by atoms with Crippen molar-refractivity contribution < 1.29 is 9.53 Å². The number of rotatable bonds is 5. The Labute approximate surface area is 217 Å². The summed E-state index contributed by atoms with van der Waals surface area (Å²) in [5, 5.41) is 12.0. The molecule has 7 rings (SSSR count). The van der Waals surface area contributed by atoms with E-state index >= 15 is 0 Å². The third kappa shape index (κ3) is 3.95. The number of H-pyrrole nitrogens is 1. The maximum atomic E-state index is 13.0. The fourth-order valence-corrected chi connectivity index (χ4v) is 6.35. The number of carbonyl (C=O) groups is 1. The van der Waals surface area contributed by atoms with Gasteiger partial charge in [0.15, 0.2) is 0 Å². The first kappa shape index (κ1) is 22.7. The highest BCUT2D eigenvalue weighted by Crippen LogP contribution is 2.67. The second-order valence-electron chi connectivity index (χ2n) is 11.0. The molecule has 1 unspecified atom stereocenters. The van der Waals surface area contributed by atoms with Crippen molar-refractivity contribution in [3.8, 4) is 0 Å². The third-order valence-corrected chi connectivity index (χ3v) is 8.54. The van der Waals surface area contributed by atoms with Crippen molar-refractivity contribution in [2.45, 2.75) is 32.2 Å². The molecule has 3 atom stereocenters. The number of benzene rings is 2. The summed E-state index contributed by atoms with van der Waals surface area (Å²) in [7, 11) is 0. The van der Waals surface area contributed by atoms with Gasteiger partial charge in [0.2, 0.25) is 5.91 Å². The van der Waals surface area contributed by atoms with Crippen LogP contribution in [-0.4, -0.2) is 47.3 Å². The molecule has 188 valence electrons. The van der Waals surface area contributed by atoms with Crippen LogP contribution < -0.4 is 5.32 Å². The number of carbonyl (C=O) groups excluding carboxylic acids is 1. The number of ether oxygens (including phenoxy) is 1. The Morgan fingerprint density at radius 2 is 1.97 bits per heavy atom. The average molecular weight is 493 g/mol. The zero-order chi connectivity index (χ0) is 25.0. The molecule has 1 spiro atoms. The van der Waals surface area contributed by atoms with E-state index in [-0.39, 0.29) is 17.2 Å². The molecular formula is C31H32N4O2. The summed E-state index contributed by atoms with van der Waals surface area (Å²) in [6.45, 7) is 6.84. The summed E-state index contributed by atoms with van der Waals surface area (Å²) in [6, 6.07) is 15.3. The monoisotopic (exact) mass is 492 g/mol. The summed E-state index contributed by atoms with van der Waals surface area (Å²) >= 11 is 0. The van der Waals surface area contributed by atoms with E-state index in [0.29, 0.717) is 5.92 Å². The minimum atomic E-state index is -0.348. The normalized spacial score (nSPS) is 27.4. The first-order chi connectivity index (χ1) is 18.1. The molecule has 0 bridgehead atoms. The largest absolute Gasteiger partial charge is 0.379 e. The lowest BCUT2D eigenvalue weighted by Gasteiger charge is -2.26. The van der Waals surface area contributed by atoms with Crippen LogP contribution in [-0.2, 0) is 16.1 Å². The Morgan fingerprint density at radius 1 is 1.14 bits per heavy atom. The highest BCUT2D eigenvalue weighted by molar-refractivity contribution is 5.97. The molecule has 6 nitrogen and oxygen atoms in total. The fourth-order valence-electron chi connectivity index (χ4n) is 6.35. The molecule has 1 saturated carbocycles. The second-order valence-corrected chi connectivity index (χ2v) is 11.0. The Morgan fingerprint density at radius 3 is 2.81 bits per heavy atom. The summed E-state index contributed by atoms with van der Waals surface area (Å²) in [5.41, 5.74) is 7.64. The van der Waals surface area contributed by atoms with E-state index in [1.54, 1.807) is 0 Å². The van der Waals surface area contributed by atoms with Gasteiger partial charge in [0, 0.05) is 36.6 Å². The quantitative estimate of drug-likeness (QED) is 0.525. The topological polar surface area (TPSA) is 70.2 Å². The van der Waals surface area contributed by atoms with Gasteiger partial charge < -0.3 is 10.1 Å². The van der Waals surface area contributed by atoms with Gasteiger partial charge >= 0.3 is 0 Å². The van der Waals surface area contributed by atoms with Crippen LogP contribution in [0, 0.1) is 11.3 Å². The van der Waals surface area contributed by atoms with Crippen LogP contribution in [0.4, 0.5) is 0 Å². The SMILES string of the molecule is CC1C=CC2=C(C1)[C@]1(C[C@H]1c1ccc3c(/C=C/c4ccc(CN5CCOCC5)cc4)n[nH]c3c1)C(=O)N2. The van der Waals surface area contributed by atoms with Gasteiger partial charge in [-0.3, -0.25) is 14.8 Å². The minimum Gasteiger partial charge on any atom is -0.379 e. The molecule has 2 aliphatic carbocycles. The van der Waals surface area contributed by atoms with Crippen molar-refractivity contribution in [2.24, 2.45) is 11.3 Å². The molecule has 2 N–H and O–H groups in total. The molecule has 1 aromatic heterocycles. The van der Waals surface area contributed by atoms with E-state index in [1.165, 1.54) is 16.7 Å². The van der Waals surface area contributed by atoms with Gasteiger partial charge in [-0.05, 0) is 59.2 Å². The summed E-state index contributed by atoms with van der Waals surface area (Å²) in [5.74, 6) is 0.891. The van der Waals surface area contributed by atoms with Crippen LogP contribution in [0.25, 0.3) is 23.1 Å². The molecule has 2 fully saturated rings. The van der Waals surface area contributed by atoms with Crippen LogP contribution in [0.15, 0.2) is 65.9 Å². The predicted octanol–water partition coefficient (Wildman–Crippen LogP) is 5.02. The number of nitrogens with one attached hydrogen (secondary N) is 2. The number of aromatic nitrogens is 2. The molecule has 37 heavy (non-hydrogen) atoms. The molecule has 2 aliphatic heterocycles. The summed E-state index contributed by atoms with van der Waals surface area (Å²) < 4.78 is 5.45. The smallest absolute Gasteiger partial charge is 0.235 e. The third-order valence-electron chi connectivity index (χ3n) is 8.54. The van der Waals surface area contributed by atoms with Crippen molar-refractivity contribution in [2.75, 3.05) is 26.3 Å². The number of fused-ring (bicyclic) bond motifs is 2. The van der Waals surface area contributed by atoms with E-state index in [0.717, 1.165) is 73.5 Å². The van der Waals surface area contributed by atoms with Crippen molar-refractivity contribution >= 4 is 29.0 Å². The fraction of sp³-hybridized carbons (Fsp3) is 0.355. The number of hydrogen-bond acceptors (Lipinski definition) is 4. The Kier molecular flexibility index (Phi) is 5.41. The van der Waals surface area contributed by atoms with E-state index in [9.17, 15) is 4.79 Å². The molecule has 1 amide bonds. The molecule has 4 aliphatic rings. The Hall–Kier alpha value is -3.48. The van der Waals surface area contributed by atoms with E-state index in [2.05, 4.69) is 94.1 Å². The molecule has 0 radical (unpaired) electrons. The lowest BCUT2D eigenvalue weighted by molar-refractivity contribution is -0.123. The maximum Gasteiger partial charge on any atom is 0.235 e. The van der Waals surface area contributed by atoms with Gasteiger partial charge in [-0.1, -0.05) is 55.5 Å². The molecule has 6 heteroatoms. The van der Waals surface area contributed by atoms with Crippen molar-refractivity contribution in [3.05, 3.63) is 88.3 Å². The first-order valence-corrected chi connectivity index (χ1v) is 13.4. The van der Waals surface area contributed by atoms with Crippen molar-refractivity contribution in [1.29, 1.82) is 0 Å². The van der Waals surface area contributed by atoms with Gasteiger partial charge in [-0.2, -0.15) is 5.10 Å². The molecule has 3 heterocycles. The molecule has 3 aromatic rings. The van der Waals surface area contributed by atoms with Crippen LogP contribution >= 0.6 is 0 Å². The number of nitrogens with zero attached hydrogens (tertiary/aromatic N) is 2. The van der Waals surface area contributed by atoms with Crippen molar-refractivity contribution in [1.82, 2.24) is 20.4 Å². The summed E-state index contributed by atoms with van der Waals surface area (Å²) in [4.78, 5) is 15.4. The van der Waals surface area contributed by atoms with E-state index < -0.39 is 0 Å². The van der Waals surface area contributed by atoms with E-state index in [4.69, 9.17) is 4.74 Å². The standard InChI is InChI=1S/C31H32N4O2/c1-20-2-10-28-25(16-20)31(30(36)32-28)18-26(31)23-8-9-24-27(33-34-29(24)17-23)11-7-21-3-5-22(6-4-21)19-35-12-14-37-15-13-35/h2-11,17,20,26H,12-16,18-19H2,1H3,(H,32,36)(H,33,34)/b11-7+/t20?,26-,31-/m0/s1. The maximum absolute atomic E-state index is 13.0. The number of aromatic amines is 1. The number of allylic oxidation sites excluding steroid dienone is 2. The van der Waals surface area contributed by atoms with Gasteiger partial charge in [0.25, 0.3) is 0 Å². The van der Waals surface area contributed by atoms with Crippen LogP contribution in [0.3, 0.4) is 0 Å². The average Bonchev–Trinajstić information content (AvgIpc) is 3.47. The Bertz CT molecular complexity index is 1460. The lowest BCUT2D eigenvalue weighted by Crippen LogP contribution is -2.35. The zero-order valence-electron chi connectivity index (χ0n) is 21.2. The number of morpholine rings is 1. The van der Waals surface area contributed by atoms with Crippen LogP contribution in [0.1, 0.15) is 48.1 Å². The zero-order valence-corrected chi connectivity index (χ0v) is 21.2. The molecule has 1 saturated heterocycles. The van der Waals surface area contributed by atoms with Crippen LogP contribution in [0.2, 0.25) is 0 Å². The predicted molar refractivity (Wildman–Crippen MR) is 145 cm³/mol. The van der Waals surface area contributed by atoms with Gasteiger partial charge in [0.1, 0.15) is 0 Å². The summed E-state index contributed by atoms with van der Waals surface area (Å²) in [6.07, 6.45) is 10.3.